The predicted molar refractivity (Wildman–Crippen MR) is 57.9 cm³/mol. The van der Waals surface area contributed by atoms with E-state index in [1.165, 1.54) is 0 Å². The Bertz CT molecular complexity index is 362. The number of carbonyl (C=O) groups excluding carboxylic acids is 1. The van der Waals surface area contributed by atoms with Gasteiger partial charge >= 0.3 is 6.01 Å². The molecule has 1 heterocycles. The Morgan fingerprint density at radius 3 is 3.00 bits per heavy atom. The van der Waals surface area contributed by atoms with Crippen molar-refractivity contribution in [1.29, 1.82) is 0 Å². The van der Waals surface area contributed by atoms with Crippen molar-refractivity contribution in [2.24, 2.45) is 0 Å². The minimum absolute atomic E-state index is 0.150. The topological polar surface area (TPSA) is 68.0 Å². The van der Waals surface area contributed by atoms with Crippen LogP contribution < -0.4 is 5.32 Å². The van der Waals surface area contributed by atoms with Gasteiger partial charge in [0.1, 0.15) is 0 Å². The third kappa shape index (κ3) is 2.56. The summed E-state index contributed by atoms with van der Waals surface area (Å²) in [5, 5.41) is 10.2. The summed E-state index contributed by atoms with van der Waals surface area (Å²) in [5.74, 6) is 0.894. The van der Waals surface area contributed by atoms with E-state index in [1.807, 2.05) is 6.92 Å². The number of carbonyl (C=O) groups is 1. The lowest BCUT2D eigenvalue weighted by Crippen LogP contribution is -2.22. The fourth-order valence-electron chi connectivity index (χ4n) is 1.15. The van der Waals surface area contributed by atoms with Crippen LogP contribution in [0.1, 0.15) is 38.0 Å². The molecule has 1 amide bonds. The van der Waals surface area contributed by atoms with Crippen LogP contribution in [0.5, 0.6) is 0 Å². The van der Waals surface area contributed by atoms with E-state index in [2.05, 4.69) is 31.4 Å². The van der Waals surface area contributed by atoms with Crippen LogP contribution in [0, 0.1) is 0 Å². The van der Waals surface area contributed by atoms with Gasteiger partial charge in [0.2, 0.25) is 11.8 Å². The summed E-state index contributed by atoms with van der Waals surface area (Å²) in [7, 11) is 0. The standard InChI is InChI=1S/C9H12BrN3O2/c1-2-6(10)7(14)11-9-13-12-8(15-9)5-3-4-5/h5-6H,2-4H2,1H3,(H,11,13,14). The summed E-state index contributed by atoms with van der Waals surface area (Å²) in [6.45, 7) is 1.92. The molecule has 1 aromatic heterocycles. The number of anilines is 1. The van der Waals surface area contributed by atoms with Crippen molar-refractivity contribution in [1.82, 2.24) is 10.2 Å². The van der Waals surface area contributed by atoms with E-state index in [4.69, 9.17) is 4.42 Å². The molecule has 1 atom stereocenters. The van der Waals surface area contributed by atoms with Crippen molar-refractivity contribution in [2.45, 2.75) is 36.9 Å². The molecule has 1 N–H and O–H groups in total. The molecule has 15 heavy (non-hydrogen) atoms. The molecule has 1 fully saturated rings. The molecule has 1 aliphatic rings. The molecule has 2 rings (SSSR count). The maximum absolute atomic E-state index is 11.5. The van der Waals surface area contributed by atoms with Gasteiger partial charge in [-0.05, 0) is 19.3 Å². The molecule has 1 saturated carbocycles. The molecule has 0 saturated heterocycles. The first-order chi connectivity index (χ1) is 7.20. The van der Waals surface area contributed by atoms with E-state index in [0.717, 1.165) is 19.3 Å². The van der Waals surface area contributed by atoms with E-state index in [1.54, 1.807) is 0 Å². The molecule has 0 spiro atoms. The summed E-state index contributed by atoms with van der Waals surface area (Å²) in [6, 6.07) is 0.194. The lowest BCUT2D eigenvalue weighted by Gasteiger charge is -2.03. The Kier molecular flexibility index (Phi) is 3.04. The smallest absolute Gasteiger partial charge is 0.322 e. The first-order valence-corrected chi connectivity index (χ1v) is 5.90. The van der Waals surface area contributed by atoms with Crippen molar-refractivity contribution in [3.05, 3.63) is 5.89 Å². The highest BCUT2D eigenvalue weighted by molar-refractivity contribution is 9.10. The Labute approximate surface area is 95.8 Å². The summed E-state index contributed by atoms with van der Waals surface area (Å²) in [5.41, 5.74) is 0. The highest BCUT2D eigenvalue weighted by Crippen LogP contribution is 2.39. The summed E-state index contributed by atoms with van der Waals surface area (Å²) >= 11 is 3.25. The normalized spacial score (nSPS) is 17.5. The van der Waals surface area contributed by atoms with Crippen LogP contribution in [0.15, 0.2) is 4.42 Å². The minimum atomic E-state index is -0.214. The van der Waals surface area contributed by atoms with E-state index in [0.29, 0.717) is 11.8 Å². The van der Waals surface area contributed by atoms with Crippen LogP contribution in [0.4, 0.5) is 6.01 Å². The van der Waals surface area contributed by atoms with Gasteiger partial charge in [0.15, 0.2) is 0 Å². The van der Waals surface area contributed by atoms with Gasteiger partial charge < -0.3 is 4.42 Å². The van der Waals surface area contributed by atoms with Gasteiger partial charge in [-0.15, -0.1) is 5.10 Å². The van der Waals surface area contributed by atoms with Crippen LogP contribution in [-0.2, 0) is 4.79 Å². The summed E-state index contributed by atoms with van der Waals surface area (Å²) in [4.78, 5) is 11.2. The molecule has 0 aromatic carbocycles. The Hall–Kier alpha value is -0.910. The maximum Gasteiger partial charge on any atom is 0.322 e. The lowest BCUT2D eigenvalue weighted by atomic mass is 10.3. The maximum atomic E-state index is 11.5. The number of hydrogen-bond acceptors (Lipinski definition) is 4. The zero-order valence-corrected chi connectivity index (χ0v) is 9.95. The molecule has 0 radical (unpaired) electrons. The zero-order valence-electron chi connectivity index (χ0n) is 8.36. The van der Waals surface area contributed by atoms with E-state index in [9.17, 15) is 4.79 Å². The molecule has 0 aliphatic heterocycles. The van der Waals surface area contributed by atoms with Crippen LogP contribution >= 0.6 is 15.9 Å². The number of amides is 1. The largest absolute Gasteiger partial charge is 0.408 e. The van der Waals surface area contributed by atoms with Gasteiger partial charge in [0, 0.05) is 5.92 Å². The number of nitrogens with zero attached hydrogens (tertiary/aromatic N) is 2. The molecule has 6 heteroatoms. The molecular weight excluding hydrogens is 262 g/mol. The van der Waals surface area contributed by atoms with Gasteiger partial charge in [-0.25, -0.2) is 0 Å². The Morgan fingerprint density at radius 1 is 1.67 bits per heavy atom. The van der Waals surface area contributed by atoms with Gasteiger partial charge in [-0.2, -0.15) is 0 Å². The molecule has 1 unspecified atom stereocenters. The first kappa shape index (κ1) is 10.6. The van der Waals surface area contributed by atoms with Gasteiger partial charge in [-0.1, -0.05) is 28.0 Å². The van der Waals surface area contributed by atoms with Crippen molar-refractivity contribution < 1.29 is 9.21 Å². The second-order valence-corrected chi connectivity index (χ2v) is 4.69. The number of halogens is 1. The third-order valence-corrected chi connectivity index (χ3v) is 3.30. The third-order valence-electron chi connectivity index (χ3n) is 2.24. The molecule has 82 valence electrons. The van der Waals surface area contributed by atoms with Crippen LogP contribution in [-0.4, -0.2) is 20.9 Å². The van der Waals surface area contributed by atoms with Gasteiger partial charge in [0.25, 0.3) is 0 Å². The van der Waals surface area contributed by atoms with Gasteiger partial charge in [-0.3, -0.25) is 10.1 Å². The SMILES string of the molecule is CCC(Br)C(=O)Nc1nnc(C2CC2)o1. The van der Waals surface area contributed by atoms with Crippen molar-refractivity contribution >= 4 is 27.9 Å². The monoisotopic (exact) mass is 273 g/mol. The Balaban J connectivity index is 1.95. The second kappa shape index (κ2) is 4.30. The molecule has 0 bridgehead atoms. The highest BCUT2D eigenvalue weighted by Gasteiger charge is 2.29. The Morgan fingerprint density at radius 2 is 2.40 bits per heavy atom. The fraction of sp³-hybridized carbons (Fsp3) is 0.667. The number of rotatable bonds is 4. The first-order valence-electron chi connectivity index (χ1n) is 4.99. The quantitative estimate of drug-likeness (QED) is 0.853. The molecule has 5 nitrogen and oxygen atoms in total. The van der Waals surface area contributed by atoms with Crippen molar-refractivity contribution in [3.8, 4) is 0 Å². The fourth-order valence-corrected chi connectivity index (χ4v) is 1.26. The second-order valence-electron chi connectivity index (χ2n) is 3.58. The number of aromatic nitrogens is 2. The number of hydrogen-bond donors (Lipinski definition) is 1. The highest BCUT2D eigenvalue weighted by atomic mass is 79.9. The van der Waals surface area contributed by atoms with E-state index < -0.39 is 0 Å². The van der Waals surface area contributed by atoms with Gasteiger partial charge in [0.05, 0.1) is 4.83 Å². The number of alkyl halides is 1. The minimum Gasteiger partial charge on any atom is -0.408 e. The van der Waals surface area contributed by atoms with Crippen LogP contribution in [0.25, 0.3) is 0 Å². The summed E-state index contributed by atoms with van der Waals surface area (Å²) in [6.07, 6.45) is 2.92. The molecular formula is C9H12BrN3O2. The molecule has 1 aromatic rings. The van der Waals surface area contributed by atoms with Crippen LogP contribution in [0.3, 0.4) is 0 Å². The van der Waals surface area contributed by atoms with Crippen LogP contribution in [0.2, 0.25) is 0 Å². The molecule has 1 aliphatic carbocycles. The lowest BCUT2D eigenvalue weighted by molar-refractivity contribution is -0.115. The average Bonchev–Trinajstić information content (AvgIpc) is 2.99. The number of nitrogens with one attached hydrogen (secondary N) is 1. The average molecular weight is 274 g/mol. The predicted octanol–water partition coefficient (Wildman–Crippen LogP) is 2.06. The van der Waals surface area contributed by atoms with Crippen molar-refractivity contribution in [3.63, 3.8) is 0 Å². The zero-order chi connectivity index (χ0) is 10.8. The van der Waals surface area contributed by atoms with E-state index >= 15 is 0 Å². The van der Waals surface area contributed by atoms with E-state index in [-0.39, 0.29) is 16.7 Å². The summed E-state index contributed by atoms with van der Waals surface area (Å²) < 4.78 is 5.30. The van der Waals surface area contributed by atoms with Crippen molar-refractivity contribution in [2.75, 3.05) is 5.32 Å².